The quantitative estimate of drug-likeness (QED) is 0.657. The van der Waals surface area contributed by atoms with Gasteiger partial charge in [-0.2, -0.15) is 0 Å². The van der Waals surface area contributed by atoms with Crippen LogP contribution in [0.2, 0.25) is 0 Å². The summed E-state index contributed by atoms with van der Waals surface area (Å²) in [5.74, 6) is -0.198. The molecule has 0 aromatic heterocycles. The van der Waals surface area contributed by atoms with Gasteiger partial charge in [-0.3, -0.25) is 15.1 Å². The number of hydrazine groups is 1. The van der Waals surface area contributed by atoms with Crippen molar-refractivity contribution in [2.75, 3.05) is 38.0 Å². The highest BCUT2D eigenvalue weighted by molar-refractivity contribution is 5.91. The molecule has 3 amide bonds. The highest BCUT2D eigenvalue weighted by Crippen LogP contribution is 2.12. The molecule has 0 spiro atoms. The fraction of sp³-hybridized carbons (Fsp3) is 0.364. The van der Waals surface area contributed by atoms with Crippen molar-refractivity contribution in [1.29, 1.82) is 0 Å². The van der Waals surface area contributed by atoms with Crippen LogP contribution in [0.25, 0.3) is 0 Å². The molecule has 1 aliphatic rings. The summed E-state index contributed by atoms with van der Waals surface area (Å²) in [4.78, 5) is 28.7. The molecule has 29 heavy (non-hydrogen) atoms. The summed E-state index contributed by atoms with van der Waals surface area (Å²) in [7, 11) is 0. The lowest BCUT2D eigenvalue weighted by Crippen LogP contribution is -2.48. The fourth-order valence-electron chi connectivity index (χ4n) is 3.33. The first-order valence-corrected chi connectivity index (χ1v) is 10.0. The fourth-order valence-corrected chi connectivity index (χ4v) is 3.33. The molecule has 0 atom stereocenters. The molecular formula is C22H29N5O2. The number of anilines is 1. The average molecular weight is 396 g/mol. The standard InChI is InChI=1S/C22H29N5O2/c1-18-7-5-6-10-20(18)23-22(29)25-24-21(28)11-12-26-13-15-27(16-14-26)17-19-8-3-2-4-9-19/h2-10H,11-17H2,1H3,(H,24,28)(H2,23,25,29). The molecule has 0 bridgehead atoms. The Bertz CT molecular complexity index is 804. The number of benzene rings is 2. The molecule has 2 aromatic carbocycles. The number of piperazine rings is 1. The number of nitrogens with one attached hydrogen (secondary N) is 3. The zero-order chi connectivity index (χ0) is 20.5. The summed E-state index contributed by atoms with van der Waals surface area (Å²) >= 11 is 0. The van der Waals surface area contributed by atoms with Crippen molar-refractivity contribution < 1.29 is 9.59 Å². The van der Waals surface area contributed by atoms with Crippen LogP contribution in [0.15, 0.2) is 54.6 Å². The van der Waals surface area contributed by atoms with Gasteiger partial charge in [0.05, 0.1) is 0 Å². The summed E-state index contributed by atoms with van der Waals surface area (Å²) in [6.45, 7) is 7.44. The molecule has 2 aromatic rings. The van der Waals surface area contributed by atoms with Gasteiger partial charge in [-0.15, -0.1) is 0 Å². The summed E-state index contributed by atoms with van der Waals surface area (Å²) in [6.07, 6.45) is 0.351. The highest BCUT2D eigenvalue weighted by atomic mass is 16.2. The van der Waals surface area contributed by atoms with Gasteiger partial charge in [-0.05, 0) is 24.1 Å². The maximum absolute atomic E-state index is 12.0. The van der Waals surface area contributed by atoms with Gasteiger partial charge in [0, 0.05) is 51.4 Å². The van der Waals surface area contributed by atoms with Crippen molar-refractivity contribution in [3.05, 3.63) is 65.7 Å². The lowest BCUT2D eigenvalue weighted by atomic mass is 10.2. The number of carbonyl (C=O) groups is 2. The molecule has 0 radical (unpaired) electrons. The maximum atomic E-state index is 12.0. The third-order valence-corrected chi connectivity index (χ3v) is 5.08. The SMILES string of the molecule is Cc1ccccc1NC(=O)NNC(=O)CCN1CCN(Cc2ccccc2)CC1. The molecule has 1 saturated heterocycles. The summed E-state index contributed by atoms with van der Waals surface area (Å²) < 4.78 is 0. The van der Waals surface area contributed by atoms with Gasteiger partial charge in [0.25, 0.3) is 0 Å². The van der Waals surface area contributed by atoms with Crippen LogP contribution >= 0.6 is 0 Å². The van der Waals surface area contributed by atoms with E-state index in [-0.39, 0.29) is 5.91 Å². The van der Waals surface area contributed by atoms with Crippen LogP contribution in [-0.4, -0.2) is 54.5 Å². The first kappa shape index (κ1) is 20.8. The predicted molar refractivity (Wildman–Crippen MR) is 114 cm³/mol. The largest absolute Gasteiger partial charge is 0.337 e. The van der Waals surface area contributed by atoms with E-state index in [1.165, 1.54) is 5.56 Å². The Balaban J connectivity index is 1.30. The number of aryl methyl sites for hydroxylation is 1. The van der Waals surface area contributed by atoms with Crippen molar-refractivity contribution >= 4 is 17.6 Å². The lowest BCUT2D eigenvalue weighted by Gasteiger charge is -2.34. The second-order valence-corrected chi connectivity index (χ2v) is 7.30. The summed E-state index contributed by atoms with van der Waals surface area (Å²) in [5.41, 5.74) is 7.87. The van der Waals surface area contributed by atoms with Crippen molar-refractivity contribution in [3.63, 3.8) is 0 Å². The van der Waals surface area contributed by atoms with E-state index in [4.69, 9.17) is 0 Å². The molecule has 154 valence electrons. The van der Waals surface area contributed by atoms with Crippen molar-refractivity contribution in [2.45, 2.75) is 19.9 Å². The number of para-hydroxylation sites is 1. The average Bonchev–Trinajstić information content (AvgIpc) is 2.74. The smallest absolute Gasteiger partial charge is 0.306 e. The molecule has 0 unspecified atom stereocenters. The Morgan fingerprint density at radius 2 is 1.52 bits per heavy atom. The molecule has 7 heteroatoms. The van der Waals surface area contributed by atoms with Crippen molar-refractivity contribution in [1.82, 2.24) is 20.7 Å². The number of amides is 3. The Kier molecular flexibility index (Phi) is 7.61. The molecule has 1 fully saturated rings. The van der Waals surface area contributed by atoms with Gasteiger partial charge < -0.3 is 10.2 Å². The van der Waals surface area contributed by atoms with E-state index in [0.717, 1.165) is 38.3 Å². The minimum atomic E-state index is -0.456. The summed E-state index contributed by atoms with van der Waals surface area (Å²) in [5, 5.41) is 2.72. The number of nitrogens with zero attached hydrogens (tertiary/aromatic N) is 2. The maximum Gasteiger partial charge on any atom is 0.337 e. The van der Waals surface area contributed by atoms with E-state index < -0.39 is 6.03 Å². The summed E-state index contributed by atoms with van der Waals surface area (Å²) in [6, 6.07) is 17.5. The molecule has 0 aliphatic carbocycles. The topological polar surface area (TPSA) is 76.7 Å². The minimum absolute atomic E-state index is 0.198. The van der Waals surface area contributed by atoms with Gasteiger partial charge >= 0.3 is 6.03 Å². The zero-order valence-corrected chi connectivity index (χ0v) is 16.9. The Morgan fingerprint density at radius 3 is 2.24 bits per heavy atom. The molecule has 3 rings (SSSR count). The van der Waals surface area contributed by atoms with Crippen LogP contribution < -0.4 is 16.2 Å². The highest BCUT2D eigenvalue weighted by Gasteiger charge is 2.17. The minimum Gasteiger partial charge on any atom is -0.306 e. The van der Waals surface area contributed by atoms with E-state index in [1.807, 2.05) is 37.3 Å². The monoisotopic (exact) mass is 395 g/mol. The Labute approximate surface area is 172 Å². The number of rotatable bonds is 6. The van der Waals surface area contributed by atoms with E-state index in [9.17, 15) is 9.59 Å². The van der Waals surface area contributed by atoms with Gasteiger partial charge in [0.15, 0.2) is 0 Å². The number of hydrogen-bond acceptors (Lipinski definition) is 4. The predicted octanol–water partition coefficient (Wildman–Crippen LogP) is 2.36. The number of urea groups is 1. The third-order valence-electron chi connectivity index (χ3n) is 5.08. The molecular weight excluding hydrogens is 366 g/mol. The zero-order valence-electron chi connectivity index (χ0n) is 16.9. The van der Waals surface area contributed by atoms with Gasteiger partial charge in [-0.1, -0.05) is 48.5 Å². The lowest BCUT2D eigenvalue weighted by molar-refractivity contribution is -0.122. The van der Waals surface area contributed by atoms with Crippen molar-refractivity contribution in [2.24, 2.45) is 0 Å². The first-order valence-electron chi connectivity index (χ1n) is 10.0. The van der Waals surface area contributed by atoms with Crippen LogP contribution in [-0.2, 0) is 11.3 Å². The normalized spacial score (nSPS) is 14.9. The van der Waals surface area contributed by atoms with Gasteiger partial charge in [0.2, 0.25) is 5.91 Å². The third kappa shape index (κ3) is 6.89. The van der Waals surface area contributed by atoms with Crippen LogP contribution in [0.5, 0.6) is 0 Å². The van der Waals surface area contributed by atoms with Crippen molar-refractivity contribution in [3.8, 4) is 0 Å². The van der Waals surface area contributed by atoms with E-state index in [0.29, 0.717) is 18.7 Å². The molecule has 0 saturated carbocycles. The first-order chi connectivity index (χ1) is 14.1. The molecule has 3 N–H and O–H groups in total. The van der Waals surface area contributed by atoms with Crippen LogP contribution in [0, 0.1) is 6.92 Å². The second kappa shape index (κ2) is 10.6. The second-order valence-electron chi connectivity index (χ2n) is 7.30. The molecule has 1 aliphatic heterocycles. The number of carbonyl (C=O) groups excluding carboxylic acids is 2. The Morgan fingerprint density at radius 1 is 0.862 bits per heavy atom. The molecule has 1 heterocycles. The van der Waals surface area contributed by atoms with Crippen LogP contribution in [0.4, 0.5) is 10.5 Å². The van der Waals surface area contributed by atoms with E-state index in [2.05, 4.69) is 50.2 Å². The van der Waals surface area contributed by atoms with Crippen LogP contribution in [0.3, 0.4) is 0 Å². The van der Waals surface area contributed by atoms with E-state index >= 15 is 0 Å². The van der Waals surface area contributed by atoms with E-state index in [1.54, 1.807) is 0 Å². The van der Waals surface area contributed by atoms with Crippen LogP contribution in [0.1, 0.15) is 17.5 Å². The van der Waals surface area contributed by atoms with Gasteiger partial charge in [0.1, 0.15) is 0 Å². The number of hydrogen-bond donors (Lipinski definition) is 3. The Hall–Kier alpha value is -2.90. The van der Waals surface area contributed by atoms with Gasteiger partial charge in [-0.25, -0.2) is 10.2 Å². The molecule has 7 nitrogen and oxygen atoms in total.